The number of hydrogen-bond acceptors (Lipinski definition) is 1. The van der Waals surface area contributed by atoms with Crippen LogP contribution in [0.25, 0.3) is 0 Å². The number of benzene rings is 2. The summed E-state index contributed by atoms with van der Waals surface area (Å²) in [7, 11) is 0. The predicted molar refractivity (Wildman–Crippen MR) is 68.5 cm³/mol. The lowest BCUT2D eigenvalue weighted by molar-refractivity contribution is -0.121. The van der Waals surface area contributed by atoms with Crippen LogP contribution in [0.2, 0.25) is 0 Å². The van der Waals surface area contributed by atoms with E-state index in [9.17, 15) is 9.18 Å². The Hall–Kier alpha value is -2.16. The highest BCUT2D eigenvalue weighted by atomic mass is 19.1. The molecule has 0 aliphatic rings. The van der Waals surface area contributed by atoms with Crippen molar-refractivity contribution in [3.8, 4) is 0 Å². The maximum Gasteiger partial charge on any atom is 0.232 e. The average molecular weight is 243 g/mol. The zero-order valence-corrected chi connectivity index (χ0v) is 10.1. The summed E-state index contributed by atoms with van der Waals surface area (Å²) in [5.41, 5.74) is 6.07. The Labute approximate surface area is 105 Å². The first-order valence-electron chi connectivity index (χ1n) is 5.66. The molecule has 1 amide bonds. The number of hydrogen-bond donors (Lipinski definition) is 1. The number of nitrogens with two attached hydrogens (primary N) is 1. The van der Waals surface area contributed by atoms with E-state index < -0.39 is 11.3 Å². The van der Waals surface area contributed by atoms with E-state index in [4.69, 9.17) is 5.73 Å². The third kappa shape index (κ3) is 1.99. The van der Waals surface area contributed by atoms with Gasteiger partial charge in [-0.2, -0.15) is 0 Å². The molecule has 0 aliphatic heterocycles. The molecule has 2 aromatic rings. The van der Waals surface area contributed by atoms with Crippen LogP contribution in [-0.2, 0) is 10.2 Å². The first kappa shape index (κ1) is 12.3. The van der Waals surface area contributed by atoms with E-state index in [1.165, 1.54) is 12.1 Å². The molecule has 2 rings (SSSR count). The first-order chi connectivity index (χ1) is 8.55. The fourth-order valence-electron chi connectivity index (χ4n) is 2.01. The number of amides is 1. The van der Waals surface area contributed by atoms with E-state index in [2.05, 4.69) is 0 Å². The highest BCUT2D eigenvalue weighted by Crippen LogP contribution is 2.31. The largest absolute Gasteiger partial charge is 0.369 e. The number of halogens is 1. The Bertz CT molecular complexity index is 550. The molecule has 0 spiro atoms. The van der Waals surface area contributed by atoms with E-state index in [0.717, 1.165) is 5.56 Å². The summed E-state index contributed by atoms with van der Waals surface area (Å²) in [5.74, 6) is -0.793. The maximum atomic E-state index is 13.0. The Morgan fingerprint density at radius 3 is 2.00 bits per heavy atom. The molecule has 2 aromatic carbocycles. The molecule has 18 heavy (non-hydrogen) atoms. The predicted octanol–water partition coefficient (Wildman–Crippen LogP) is 2.62. The van der Waals surface area contributed by atoms with Crippen molar-refractivity contribution in [3.05, 3.63) is 71.5 Å². The molecule has 0 bridgehead atoms. The van der Waals surface area contributed by atoms with Crippen LogP contribution in [0.5, 0.6) is 0 Å². The number of rotatable bonds is 3. The quantitative estimate of drug-likeness (QED) is 0.884. The summed E-state index contributed by atoms with van der Waals surface area (Å²) in [5, 5.41) is 0. The van der Waals surface area contributed by atoms with Crippen LogP contribution in [0.15, 0.2) is 54.6 Å². The third-order valence-electron chi connectivity index (χ3n) is 3.27. The fraction of sp³-hybridized carbons (Fsp3) is 0.133. The minimum Gasteiger partial charge on any atom is -0.369 e. The van der Waals surface area contributed by atoms with Gasteiger partial charge in [-0.1, -0.05) is 42.5 Å². The van der Waals surface area contributed by atoms with E-state index >= 15 is 0 Å². The second-order valence-corrected chi connectivity index (χ2v) is 4.36. The van der Waals surface area contributed by atoms with Gasteiger partial charge in [-0.3, -0.25) is 4.79 Å². The van der Waals surface area contributed by atoms with E-state index in [-0.39, 0.29) is 5.82 Å². The first-order valence-corrected chi connectivity index (χ1v) is 5.66. The van der Waals surface area contributed by atoms with Crippen LogP contribution in [0.4, 0.5) is 4.39 Å². The van der Waals surface area contributed by atoms with Crippen LogP contribution in [0.1, 0.15) is 18.1 Å². The normalized spacial score (nSPS) is 13.9. The fourth-order valence-corrected chi connectivity index (χ4v) is 2.01. The van der Waals surface area contributed by atoms with Crippen molar-refractivity contribution in [3.63, 3.8) is 0 Å². The van der Waals surface area contributed by atoms with Crippen LogP contribution in [0.3, 0.4) is 0 Å². The van der Waals surface area contributed by atoms with Gasteiger partial charge in [-0.15, -0.1) is 0 Å². The van der Waals surface area contributed by atoms with Crippen molar-refractivity contribution in [2.45, 2.75) is 12.3 Å². The van der Waals surface area contributed by atoms with Gasteiger partial charge in [0, 0.05) is 0 Å². The summed E-state index contributed by atoms with van der Waals surface area (Å²) in [6, 6.07) is 15.1. The van der Waals surface area contributed by atoms with Gasteiger partial charge in [0.1, 0.15) is 5.82 Å². The van der Waals surface area contributed by atoms with E-state index in [1.54, 1.807) is 19.1 Å². The summed E-state index contributed by atoms with van der Waals surface area (Å²) in [4.78, 5) is 11.8. The molecule has 0 fully saturated rings. The second kappa shape index (κ2) is 4.61. The van der Waals surface area contributed by atoms with Gasteiger partial charge in [-0.25, -0.2) is 4.39 Å². The van der Waals surface area contributed by atoms with Gasteiger partial charge in [0.05, 0.1) is 5.41 Å². The lowest BCUT2D eigenvalue weighted by atomic mass is 9.75. The smallest absolute Gasteiger partial charge is 0.232 e. The Morgan fingerprint density at radius 2 is 1.50 bits per heavy atom. The monoisotopic (exact) mass is 243 g/mol. The summed E-state index contributed by atoms with van der Waals surface area (Å²) in [6.45, 7) is 1.75. The number of carbonyl (C=O) groups excluding carboxylic acids is 1. The molecular formula is C15H14FNO. The van der Waals surface area contributed by atoms with E-state index in [1.807, 2.05) is 30.3 Å². The molecule has 3 heteroatoms. The van der Waals surface area contributed by atoms with Crippen molar-refractivity contribution in [2.75, 3.05) is 0 Å². The van der Waals surface area contributed by atoms with Crippen molar-refractivity contribution >= 4 is 5.91 Å². The van der Waals surface area contributed by atoms with Gasteiger partial charge in [0.25, 0.3) is 0 Å². The molecule has 0 radical (unpaired) electrons. The molecule has 0 heterocycles. The molecular weight excluding hydrogens is 229 g/mol. The lowest BCUT2D eigenvalue weighted by Gasteiger charge is -2.27. The molecule has 0 aliphatic carbocycles. The topological polar surface area (TPSA) is 43.1 Å². The van der Waals surface area contributed by atoms with Gasteiger partial charge >= 0.3 is 0 Å². The number of carbonyl (C=O) groups is 1. The highest BCUT2D eigenvalue weighted by molar-refractivity contribution is 5.90. The minimum atomic E-state index is -0.949. The number of primary amides is 1. The molecule has 1 unspecified atom stereocenters. The molecule has 0 saturated carbocycles. The van der Waals surface area contributed by atoms with Gasteiger partial charge < -0.3 is 5.73 Å². The van der Waals surface area contributed by atoms with Crippen LogP contribution >= 0.6 is 0 Å². The highest BCUT2D eigenvalue weighted by Gasteiger charge is 2.35. The molecule has 2 N–H and O–H groups in total. The van der Waals surface area contributed by atoms with Crippen molar-refractivity contribution in [1.29, 1.82) is 0 Å². The van der Waals surface area contributed by atoms with Crippen LogP contribution in [-0.4, -0.2) is 5.91 Å². The standard InChI is InChI=1S/C15H14FNO/c1-15(14(17)18,11-5-3-2-4-6-11)12-7-9-13(16)10-8-12/h2-10H,1H3,(H2,17,18). The zero-order chi connectivity index (χ0) is 13.2. The summed E-state index contributed by atoms with van der Waals surface area (Å²) < 4.78 is 13.0. The Kier molecular flexibility index (Phi) is 3.15. The second-order valence-electron chi connectivity index (χ2n) is 4.36. The van der Waals surface area contributed by atoms with Crippen LogP contribution in [0, 0.1) is 5.82 Å². The van der Waals surface area contributed by atoms with Crippen molar-refractivity contribution < 1.29 is 9.18 Å². The minimum absolute atomic E-state index is 0.335. The van der Waals surface area contributed by atoms with Gasteiger partial charge in [0.15, 0.2) is 0 Å². The Morgan fingerprint density at radius 1 is 1.00 bits per heavy atom. The third-order valence-corrected chi connectivity index (χ3v) is 3.27. The summed E-state index contributed by atoms with van der Waals surface area (Å²) >= 11 is 0. The SMILES string of the molecule is CC(C(N)=O)(c1ccccc1)c1ccc(F)cc1. The molecule has 2 nitrogen and oxygen atoms in total. The van der Waals surface area contributed by atoms with Crippen molar-refractivity contribution in [2.24, 2.45) is 5.73 Å². The molecule has 1 atom stereocenters. The zero-order valence-electron chi connectivity index (χ0n) is 10.1. The van der Waals surface area contributed by atoms with Crippen molar-refractivity contribution in [1.82, 2.24) is 0 Å². The molecule has 0 saturated heterocycles. The van der Waals surface area contributed by atoms with E-state index in [0.29, 0.717) is 5.56 Å². The maximum absolute atomic E-state index is 13.0. The molecule has 0 aromatic heterocycles. The Balaban J connectivity index is 2.58. The summed E-state index contributed by atoms with van der Waals surface area (Å²) in [6.07, 6.45) is 0. The average Bonchev–Trinajstić information content (AvgIpc) is 2.39. The van der Waals surface area contributed by atoms with Gasteiger partial charge in [-0.05, 0) is 30.2 Å². The van der Waals surface area contributed by atoms with Crippen LogP contribution < -0.4 is 5.73 Å². The lowest BCUT2D eigenvalue weighted by Crippen LogP contribution is -2.39. The molecule has 92 valence electrons. The van der Waals surface area contributed by atoms with Gasteiger partial charge in [0.2, 0.25) is 5.91 Å².